The molecule has 0 unspecified atom stereocenters. The normalized spacial score (nSPS) is 16.4. The van der Waals surface area contributed by atoms with Gasteiger partial charge in [0.25, 0.3) is 0 Å². The van der Waals surface area contributed by atoms with Gasteiger partial charge in [-0.3, -0.25) is 0 Å². The SMILES string of the molecule is Cc1ccc(SC2CC2)c(N)c1. The molecule has 0 bridgehead atoms. The van der Waals surface area contributed by atoms with E-state index in [0.29, 0.717) is 0 Å². The van der Waals surface area contributed by atoms with Gasteiger partial charge < -0.3 is 5.73 Å². The largest absolute Gasteiger partial charge is 0.398 e. The molecule has 0 atom stereocenters. The van der Waals surface area contributed by atoms with Crippen LogP contribution in [0.15, 0.2) is 23.1 Å². The fourth-order valence-electron chi connectivity index (χ4n) is 1.14. The monoisotopic (exact) mass is 179 g/mol. The summed E-state index contributed by atoms with van der Waals surface area (Å²) in [5.74, 6) is 0. The van der Waals surface area contributed by atoms with Gasteiger partial charge in [0.2, 0.25) is 0 Å². The quantitative estimate of drug-likeness (QED) is 0.706. The molecule has 1 aliphatic carbocycles. The van der Waals surface area contributed by atoms with Gasteiger partial charge in [0.15, 0.2) is 0 Å². The zero-order valence-electron chi connectivity index (χ0n) is 7.21. The summed E-state index contributed by atoms with van der Waals surface area (Å²) >= 11 is 1.92. The Morgan fingerprint density at radius 2 is 2.17 bits per heavy atom. The lowest BCUT2D eigenvalue weighted by Gasteiger charge is -2.04. The van der Waals surface area contributed by atoms with Gasteiger partial charge in [0, 0.05) is 15.8 Å². The molecule has 0 amide bonds. The molecule has 2 rings (SSSR count). The van der Waals surface area contributed by atoms with Crippen LogP contribution in [0.5, 0.6) is 0 Å². The third-order valence-corrected chi connectivity index (χ3v) is 3.41. The Hall–Kier alpha value is -0.630. The van der Waals surface area contributed by atoms with Gasteiger partial charge >= 0.3 is 0 Å². The van der Waals surface area contributed by atoms with Crippen molar-refractivity contribution in [2.45, 2.75) is 29.9 Å². The first-order chi connectivity index (χ1) is 5.75. The number of nitrogen functional groups attached to an aromatic ring is 1. The van der Waals surface area contributed by atoms with Crippen molar-refractivity contribution in [2.24, 2.45) is 0 Å². The van der Waals surface area contributed by atoms with Crippen molar-refractivity contribution in [2.75, 3.05) is 5.73 Å². The second kappa shape index (κ2) is 3.02. The molecule has 0 radical (unpaired) electrons. The van der Waals surface area contributed by atoms with E-state index in [4.69, 9.17) is 5.73 Å². The van der Waals surface area contributed by atoms with Crippen LogP contribution in [0.3, 0.4) is 0 Å². The summed E-state index contributed by atoms with van der Waals surface area (Å²) in [4.78, 5) is 1.25. The fraction of sp³-hybridized carbons (Fsp3) is 0.400. The zero-order valence-corrected chi connectivity index (χ0v) is 8.03. The van der Waals surface area contributed by atoms with E-state index in [2.05, 4.69) is 19.1 Å². The molecule has 1 aliphatic rings. The van der Waals surface area contributed by atoms with Crippen LogP contribution in [0, 0.1) is 6.92 Å². The third kappa shape index (κ3) is 1.75. The minimum atomic E-state index is 0.843. The Balaban J connectivity index is 2.18. The van der Waals surface area contributed by atoms with Crippen LogP contribution in [0.1, 0.15) is 18.4 Å². The highest BCUT2D eigenvalue weighted by atomic mass is 32.2. The predicted molar refractivity (Wildman–Crippen MR) is 54.5 cm³/mol. The number of rotatable bonds is 2. The van der Waals surface area contributed by atoms with Crippen LogP contribution in [-0.4, -0.2) is 5.25 Å². The van der Waals surface area contributed by atoms with E-state index in [9.17, 15) is 0 Å². The zero-order chi connectivity index (χ0) is 8.55. The number of anilines is 1. The lowest BCUT2D eigenvalue weighted by atomic mass is 10.2. The average molecular weight is 179 g/mol. The van der Waals surface area contributed by atoms with E-state index in [0.717, 1.165) is 10.9 Å². The van der Waals surface area contributed by atoms with Crippen LogP contribution in [0.25, 0.3) is 0 Å². The first-order valence-corrected chi connectivity index (χ1v) is 5.16. The van der Waals surface area contributed by atoms with E-state index < -0.39 is 0 Å². The van der Waals surface area contributed by atoms with Crippen molar-refractivity contribution < 1.29 is 0 Å². The lowest BCUT2D eigenvalue weighted by Crippen LogP contribution is -1.89. The molecular formula is C10H13NS. The smallest absolute Gasteiger partial charge is 0.0454 e. The standard InChI is InChI=1S/C10H13NS/c1-7-2-5-10(9(11)6-7)12-8-3-4-8/h2,5-6,8H,3-4,11H2,1H3. The van der Waals surface area contributed by atoms with Crippen molar-refractivity contribution in [1.29, 1.82) is 0 Å². The van der Waals surface area contributed by atoms with Crippen LogP contribution in [-0.2, 0) is 0 Å². The number of benzene rings is 1. The molecule has 64 valence electrons. The van der Waals surface area contributed by atoms with E-state index >= 15 is 0 Å². The van der Waals surface area contributed by atoms with E-state index in [1.54, 1.807) is 0 Å². The van der Waals surface area contributed by atoms with Gasteiger partial charge in [-0.05, 0) is 37.5 Å². The number of hydrogen-bond acceptors (Lipinski definition) is 2. The molecular weight excluding hydrogens is 166 g/mol. The molecule has 0 heterocycles. The number of thioether (sulfide) groups is 1. The molecule has 0 aliphatic heterocycles. The summed E-state index contributed by atoms with van der Waals surface area (Å²) in [6.07, 6.45) is 2.72. The predicted octanol–water partition coefficient (Wildman–Crippen LogP) is 2.83. The van der Waals surface area contributed by atoms with E-state index in [1.165, 1.54) is 23.3 Å². The second-order valence-corrected chi connectivity index (χ2v) is 4.70. The lowest BCUT2D eigenvalue weighted by molar-refractivity contribution is 1.37. The summed E-state index contributed by atoms with van der Waals surface area (Å²) in [6, 6.07) is 6.30. The molecule has 0 saturated heterocycles. The van der Waals surface area contributed by atoms with Crippen molar-refractivity contribution in [3.05, 3.63) is 23.8 Å². The summed E-state index contributed by atoms with van der Waals surface area (Å²) in [6.45, 7) is 2.07. The topological polar surface area (TPSA) is 26.0 Å². The van der Waals surface area contributed by atoms with Gasteiger partial charge in [-0.15, -0.1) is 11.8 Å². The summed E-state index contributed by atoms with van der Waals surface area (Å²) in [5, 5.41) is 0.843. The Morgan fingerprint density at radius 3 is 2.75 bits per heavy atom. The number of hydrogen-bond donors (Lipinski definition) is 1. The highest BCUT2D eigenvalue weighted by Gasteiger charge is 2.23. The minimum Gasteiger partial charge on any atom is -0.398 e. The molecule has 12 heavy (non-hydrogen) atoms. The summed E-state index contributed by atoms with van der Waals surface area (Å²) in [5.41, 5.74) is 8.06. The Kier molecular flexibility index (Phi) is 2.01. The number of nitrogens with two attached hydrogens (primary N) is 1. The molecule has 1 saturated carbocycles. The first-order valence-electron chi connectivity index (χ1n) is 4.28. The molecule has 1 aromatic rings. The van der Waals surface area contributed by atoms with Gasteiger partial charge in [0.05, 0.1) is 0 Å². The maximum atomic E-state index is 5.88. The molecule has 1 nitrogen and oxygen atoms in total. The Morgan fingerprint density at radius 1 is 1.42 bits per heavy atom. The maximum Gasteiger partial charge on any atom is 0.0454 e. The van der Waals surface area contributed by atoms with Crippen molar-refractivity contribution in [3.8, 4) is 0 Å². The Bertz CT molecular complexity index is 292. The van der Waals surface area contributed by atoms with E-state index in [-0.39, 0.29) is 0 Å². The highest BCUT2D eigenvalue weighted by molar-refractivity contribution is 8.00. The van der Waals surface area contributed by atoms with Crippen LogP contribution >= 0.6 is 11.8 Å². The molecule has 1 aromatic carbocycles. The second-order valence-electron chi connectivity index (χ2n) is 3.36. The highest BCUT2D eigenvalue weighted by Crippen LogP contribution is 2.41. The molecule has 0 aromatic heterocycles. The first kappa shape index (κ1) is 7.99. The molecule has 2 heteroatoms. The van der Waals surface area contributed by atoms with E-state index in [1.807, 2.05) is 17.8 Å². The molecule has 0 spiro atoms. The fourth-order valence-corrected chi connectivity index (χ4v) is 2.21. The molecule has 2 N–H and O–H groups in total. The van der Waals surface area contributed by atoms with Gasteiger partial charge in [-0.2, -0.15) is 0 Å². The molecule has 1 fully saturated rings. The van der Waals surface area contributed by atoms with Gasteiger partial charge in [-0.1, -0.05) is 6.07 Å². The maximum absolute atomic E-state index is 5.88. The summed E-state index contributed by atoms with van der Waals surface area (Å²) < 4.78 is 0. The van der Waals surface area contributed by atoms with Crippen LogP contribution in [0.2, 0.25) is 0 Å². The minimum absolute atomic E-state index is 0.843. The van der Waals surface area contributed by atoms with Gasteiger partial charge in [0.1, 0.15) is 0 Å². The number of aryl methyl sites for hydroxylation is 1. The van der Waals surface area contributed by atoms with Crippen LogP contribution in [0.4, 0.5) is 5.69 Å². The van der Waals surface area contributed by atoms with Gasteiger partial charge in [-0.25, -0.2) is 0 Å². The average Bonchev–Trinajstić information content (AvgIpc) is 2.79. The Labute approximate surface area is 77.3 Å². The van der Waals surface area contributed by atoms with Crippen LogP contribution < -0.4 is 5.73 Å². The van der Waals surface area contributed by atoms with Crippen molar-refractivity contribution in [3.63, 3.8) is 0 Å². The summed E-state index contributed by atoms with van der Waals surface area (Å²) in [7, 11) is 0. The van der Waals surface area contributed by atoms with Crippen molar-refractivity contribution >= 4 is 17.4 Å². The third-order valence-electron chi connectivity index (χ3n) is 1.98. The van der Waals surface area contributed by atoms with Crippen molar-refractivity contribution in [1.82, 2.24) is 0 Å².